The first-order valence-corrected chi connectivity index (χ1v) is 7.67. The number of hydrogen-bond donors (Lipinski definition) is 2. The average Bonchev–Trinajstić information content (AvgIpc) is 2.54. The number of halogens is 2. The van der Waals surface area contributed by atoms with Gasteiger partial charge in [0.1, 0.15) is 22.4 Å². The molecule has 2 heterocycles. The van der Waals surface area contributed by atoms with Gasteiger partial charge in [0.15, 0.2) is 0 Å². The third kappa shape index (κ3) is 4.16. The van der Waals surface area contributed by atoms with Crippen molar-refractivity contribution in [1.82, 2.24) is 9.97 Å². The van der Waals surface area contributed by atoms with Crippen molar-refractivity contribution in [2.75, 3.05) is 5.73 Å². The Kier molecular flexibility index (Phi) is 6.26. The molecule has 0 bridgehead atoms. The summed E-state index contributed by atoms with van der Waals surface area (Å²) in [6.45, 7) is 1.77. The molecule has 8 heteroatoms. The van der Waals surface area contributed by atoms with Gasteiger partial charge in [0, 0.05) is 16.8 Å². The van der Waals surface area contributed by atoms with Crippen LogP contribution in [0.2, 0.25) is 5.15 Å². The molecule has 0 aliphatic carbocycles. The molecule has 2 aromatic heterocycles. The van der Waals surface area contributed by atoms with Gasteiger partial charge in [-0.05, 0) is 55.0 Å². The van der Waals surface area contributed by atoms with Crippen molar-refractivity contribution < 1.29 is 14.3 Å². The van der Waals surface area contributed by atoms with E-state index in [2.05, 4.69) is 9.97 Å². The van der Waals surface area contributed by atoms with E-state index in [1.807, 2.05) is 0 Å². The molecule has 3 rings (SSSR count). The van der Waals surface area contributed by atoms with Crippen LogP contribution in [0.3, 0.4) is 0 Å². The molecule has 0 atom stereocenters. The maximum absolute atomic E-state index is 13.2. The van der Waals surface area contributed by atoms with Gasteiger partial charge in [-0.2, -0.15) is 0 Å². The number of aromatic nitrogens is 2. The summed E-state index contributed by atoms with van der Waals surface area (Å²) in [5.74, 6) is -1.69. The van der Waals surface area contributed by atoms with Gasteiger partial charge in [-0.3, -0.25) is 0 Å². The maximum atomic E-state index is 13.2. The number of carboxylic acids is 1. The Morgan fingerprint density at radius 2 is 1.77 bits per heavy atom. The molecular formula is C18H17ClFInN3O2-. The minimum atomic E-state index is -1.19. The summed E-state index contributed by atoms with van der Waals surface area (Å²) < 4.78 is 13.2. The Labute approximate surface area is 172 Å². The Bertz CT molecular complexity index is 961. The number of aryl methyl sites for hydroxylation is 1. The SMILES string of the molecule is Cc1cc(-c2cc(C(=O)O)c(N)nc2-c2ccc(F)cc2)cc(Cl)n1.[InH4-]. The zero-order chi connectivity index (χ0) is 18.1. The minimum absolute atomic E-state index is 0. The summed E-state index contributed by atoms with van der Waals surface area (Å²) in [6, 6.07) is 10.5. The van der Waals surface area contributed by atoms with Gasteiger partial charge in [0.2, 0.25) is 0 Å². The van der Waals surface area contributed by atoms with Crippen LogP contribution in [-0.2, 0) is 0 Å². The van der Waals surface area contributed by atoms with Crippen molar-refractivity contribution in [2.24, 2.45) is 0 Å². The predicted octanol–water partition coefficient (Wildman–Crippen LogP) is 2.74. The number of pyridine rings is 2. The number of nitrogens with zero attached hydrogens (tertiary/aromatic N) is 2. The van der Waals surface area contributed by atoms with Crippen LogP contribution in [-0.4, -0.2) is 46.9 Å². The van der Waals surface area contributed by atoms with Crippen LogP contribution in [0.4, 0.5) is 10.2 Å². The Hall–Kier alpha value is -2.12. The second kappa shape index (κ2) is 8.05. The molecule has 134 valence electrons. The van der Waals surface area contributed by atoms with E-state index in [9.17, 15) is 14.3 Å². The summed E-state index contributed by atoms with van der Waals surface area (Å²) in [5, 5.41) is 9.61. The normalized spacial score (nSPS) is 10.3. The van der Waals surface area contributed by atoms with Crippen molar-refractivity contribution in [3.63, 3.8) is 0 Å². The number of carbonyl (C=O) groups is 1. The molecule has 26 heavy (non-hydrogen) atoms. The molecule has 0 radical (unpaired) electrons. The molecule has 3 N–H and O–H groups in total. The fourth-order valence-electron chi connectivity index (χ4n) is 2.53. The number of anilines is 1. The van der Waals surface area contributed by atoms with E-state index in [4.69, 9.17) is 17.3 Å². The van der Waals surface area contributed by atoms with Gasteiger partial charge < -0.3 is 10.8 Å². The van der Waals surface area contributed by atoms with Gasteiger partial charge in [-0.25, -0.2) is 19.2 Å². The monoisotopic (exact) mass is 476 g/mol. The molecule has 3 aromatic rings. The first-order chi connectivity index (χ1) is 11.8. The molecule has 0 unspecified atom stereocenters. The Balaban J connectivity index is 0.00000243. The van der Waals surface area contributed by atoms with Crippen molar-refractivity contribution in [1.29, 1.82) is 0 Å². The average molecular weight is 477 g/mol. The van der Waals surface area contributed by atoms with Crippen LogP contribution in [0.5, 0.6) is 0 Å². The molecule has 1 aromatic carbocycles. The number of carboxylic acid groups (broad SMARTS) is 1. The van der Waals surface area contributed by atoms with Gasteiger partial charge in [0.25, 0.3) is 0 Å². The van der Waals surface area contributed by atoms with E-state index < -0.39 is 5.97 Å². The summed E-state index contributed by atoms with van der Waals surface area (Å²) >= 11 is 6.03. The number of aromatic carboxylic acids is 1. The van der Waals surface area contributed by atoms with E-state index in [-0.39, 0.29) is 48.2 Å². The second-order valence-electron chi connectivity index (χ2n) is 5.45. The number of hydrogen-bond acceptors (Lipinski definition) is 4. The van der Waals surface area contributed by atoms with Crippen LogP contribution in [0, 0.1) is 12.7 Å². The van der Waals surface area contributed by atoms with Crippen LogP contribution < -0.4 is 5.73 Å². The van der Waals surface area contributed by atoms with Crippen molar-refractivity contribution in [3.8, 4) is 22.4 Å². The number of benzene rings is 1. The zero-order valence-corrected chi connectivity index (χ0v) is 13.9. The second-order valence-corrected chi connectivity index (χ2v) is 5.84. The standard InChI is InChI=1S/C18H13ClFN3O2.In.4H/c1-9-6-11(7-15(19)22-9)13-8-14(18(24)25)17(21)23-16(13)10-2-4-12(20)5-3-10;;;;;/h2-8H,1H3,(H2,21,23)(H,24,25);;;;;/q;-1;;;;. The Morgan fingerprint density at radius 3 is 2.35 bits per heavy atom. The molecule has 0 aliphatic rings. The van der Waals surface area contributed by atoms with Gasteiger partial charge in [0.05, 0.1) is 5.69 Å². The fraction of sp³-hybridized carbons (Fsp3) is 0.0556. The molecule has 0 saturated heterocycles. The van der Waals surface area contributed by atoms with Gasteiger partial charge in [-0.15, -0.1) is 0 Å². The molecular weight excluding hydrogens is 459 g/mol. The molecule has 5 nitrogen and oxygen atoms in total. The van der Waals surface area contributed by atoms with E-state index in [1.165, 1.54) is 18.2 Å². The number of rotatable bonds is 3. The van der Waals surface area contributed by atoms with E-state index in [1.54, 1.807) is 31.2 Å². The van der Waals surface area contributed by atoms with Crippen LogP contribution in [0.15, 0.2) is 42.5 Å². The molecule has 0 saturated carbocycles. The van der Waals surface area contributed by atoms with Crippen LogP contribution in [0.1, 0.15) is 16.1 Å². The van der Waals surface area contributed by atoms with Gasteiger partial charge >= 0.3 is 31.8 Å². The molecule has 0 fully saturated rings. The van der Waals surface area contributed by atoms with E-state index >= 15 is 0 Å². The zero-order valence-electron chi connectivity index (χ0n) is 13.1. The number of nitrogen functional groups attached to an aromatic ring is 1. The van der Waals surface area contributed by atoms with Gasteiger partial charge in [-0.1, -0.05) is 11.6 Å². The van der Waals surface area contributed by atoms with Crippen molar-refractivity contribution in [3.05, 3.63) is 64.7 Å². The first-order valence-electron chi connectivity index (χ1n) is 7.29. The summed E-state index contributed by atoms with van der Waals surface area (Å²) in [6.07, 6.45) is 0. The summed E-state index contributed by atoms with van der Waals surface area (Å²) in [7, 11) is 0. The Morgan fingerprint density at radius 1 is 1.12 bits per heavy atom. The number of nitrogens with two attached hydrogens (primary N) is 1. The predicted molar refractivity (Wildman–Crippen MR) is 105 cm³/mol. The van der Waals surface area contributed by atoms with Crippen molar-refractivity contribution >= 4 is 49.2 Å². The summed E-state index contributed by atoms with van der Waals surface area (Å²) in [5.41, 5.74) is 8.54. The topological polar surface area (TPSA) is 89.1 Å². The fourth-order valence-corrected chi connectivity index (χ4v) is 2.78. The van der Waals surface area contributed by atoms with Crippen LogP contribution in [0.25, 0.3) is 22.4 Å². The van der Waals surface area contributed by atoms with E-state index in [0.717, 1.165) is 0 Å². The third-order valence-electron chi connectivity index (χ3n) is 3.63. The molecule has 0 spiro atoms. The molecule has 0 aliphatic heterocycles. The third-order valence-corrected chi connectivity index (χ3v) is 3.83. The van der Waals surface area contributed by atoms with Crippen molar-refractivity contribution in [2.45, 2.75) is 6.92 Å². The first kappa shape index (κ1) is 20.2. The van der Waals surface area contributed by atoms with Crippen LogP contribution >= 0.6 is 11.6 Å². The summed E-state index contributed by atoms with van der Waals surface area (Å²) in [4.78, 5) is 19.8. The quantitative estimate of drug-likeness (QED) is 0.568. The van der Waals surface area contributed by atoms with E-state index in [0.29, 0.717) is 28.1 Å². The molecule has 0 amide bonds.